The Balaban J connectivity index is 1.89. The predicted molar refractivity (Wildman–Crippen MR) is 84.1 cm³/mol. The van der Waals surface area contributed by atoms with Crippen LogP contribution in [0.25, 0.3) is 10.2 Å². The first kappa shape index (κ1) is 14.7. The summed E-state index contributed by atoms with van der Waals surface area (Å²) in [6, 6.07) is 0. The fourth-order valence-electron chi connectivity index (χ4n) is 3.15. The van der Waals surface area contributed by atoms with E-state index < -0.39 is 0 Å². The van der Waals surface area contributed by atoms with Gasteiger partial charge in [0.15, 0.2) is 5.82 Å². The highest BCUT2D eigenvalue weighted by Gasteiger charge is 2.26. The van der Waals surface area contributed by atoms with Crippen molar-refractivity contribution < 1.29 is 9.64 Å². The summed E-state index contributed by atoms with van der Waals surface area (Å²) in [7, 11) is 0. The number of ether oxygens (including phenoxy) is 1. The summed E-state index contributed by atoms with van der Waals surface area (Å²) in [6.07, 6.45) is 0.510. The molecule has 5 nitrogen and oxygen atoms in total. The number of nitrogens with one attached hydrogen (secondary N) is 2. The summed E-state index contributed by atoms with van der Waals surface area (Å²) in [6.45, 7) is 10.9. The molecule has 0 radical (unpaired) electrons. The summed E-state index contributed by atoms with van der Waals surface area (Å²) < 4.78 is 5.76. The van der Waals surface area contributed by atoms with Crippen molar-refractivity contribution in [2.45, 2.75) is 46.4 Å². The van der Waals surface area contributed by atoms with Crippen molar-refractivity contribution in [1.82, 2.24) is 9.97 Å². The van der Waals surface area contributed by atoms with E-state index in [9.17, 15) is 4.79 Å². The lowest BCUT2D eigenvalue weighted by atomic mass is 10.2. The zero-order valence-electron chi connectivity index (χ0n) is 12.9. The third kappa shape index (κ3) is 2.88. The van der Waals surface area contributed by atoms with Gasteiger partial charge < -0.3 is 14.6 Å². The molecule has 0 saturated carbocycles. The van der Waals surface area contributed by atoms with Crippen molar-refractivity contribution in [3.05, 3.63) is 26.6 Å². The molecule has 3 atom stereocenters. The van der Waals surface area contributed by atoms with Crippen LogP contribution in [0.3, 0.4) is 0 Å². The second-order valence-corrected chi connectivity index (χ2v) is 7.27. The van der Waals surface area contributed by atoms with E-state index in [-0.39, 0.29) is 17.8 Å². The number of morpholine rings is 1. The highest BCUT2D eigenvalue weighted by Crippen LogP contribution is 2.25. The summed E-state index contributed by atoms with van der Waals surface area (Å²) in [5.74, 6) is 0.782. The van der Waals surface area contributed by atoms with Gasteiger partial charge in [-0.05, 0) is 33.3 Å². The number of aromatic amines is 1. The molecule has 6 heteroatoms. The average Bonchev–Trinajstić information content (AvgIpc) is 2.63. The van der Waals surface area contributed by atoms with Crippen molar-refractivity contribution in [3.8, 4) is 0 Å². The average molecular weight is 308 g/mol. The number of aryl methyl sites for hydroxylation is 2. The van der Waals surface area contributed by atoms with Gasteiger partial charge in [0.1, 0.15) is 36.7 Å². The largest absolute Gasteiger partial charge is 0.364 e. The third-order valence-corrected chi connectivity index (χ3v) is 5.22. The van der Waals surface area contributed by atoms with Gasteiger partial charge in [0.05, 0.1) is 5.39 Å². The zero-order valence-corrected chi connectivity index (χ0v) is 13.8. The van der Waals surface area contributed by atoms with E-state index in [0.29, 0.717) is 0 Å². The molecule has 0 aromatic carbocycles. The SMILES string of the molecule is Cc1sc2nc(C[NH+]3C[C@@H](C)O[C@@H](C)C3)[nH]c(=O)c2c1C. The van der Waals surface area contributed by atoms with Gasteiger partial charge in [0, 0.05) is 4.88 Å². The van der Waals surface area contributed by atoms with Gasteiger partial charge in [-0.1, -0.05) is 0 Å². The Hall–Kier alpha value is -1.24. The van der Waals surface area contributed by atoms with Crippen LogP contribution in [0, 0.1) is 13.8 Å². The maximum absolute atomic E-state index is 12.3. The maximum atomic E-state index is 12.3. The van der Waals surface area contributed by atoms with Crippen LogP contribution in [0.1, 0.15) is 30.1 Å². The van der Waals surface area contributed by atoms with Gasteiger partial charge in [-0.3, -0.25) is 4.79 Å². The monoisotopic (exact) mass is 308 g/mol. The molecule has 1 unspecified atom stereocenters. The van der Waals surface area contributed by atoms with Crippen LogP contribution in [0.2, 0.25) is 0 Å². The second-order valence-electron chi connectivity index (χ2n) is 6.07. The Morgan fingerprint density at radius 2 is 2.00 bits per heavy atom. The molecule has 3 rings (SSSR count). The zero-order chi connectivity index (χ0) is 15.1. The number of nitrogens with zero attached hydrogens (tertiary/aromatic N) is 1. The van der Waals surface area contributed by atoms with Gasteiger partial charge in [0.2, 0.25) is 0 Å². The molecule has 1 aliphatic rings. The summed E-state index contributed by atoms with van der Waals surface area (Å²) in [4.78, 5) is 23.3. The van der Waals surface area contributed by atoms with Crippen molar-refractivity contribution in [2.24, 2.45) is 0 Å². The molecule has 0 spiro atoms. The van der Waals surface area contributed by atoms with Crippen LogP contribution in [0.15, 0.2) is 4.79 Å². The first-order valence-electron chi connectivity index (χ1n) is 7.42. The number of quaternary nitrogens is 1. The molecule has 0 amide bonds. The van der Waals surface area contributed by atoms with E-state index in [1.54, 1.807) is 11.3 Å². The van der Waals surface area contributed by atoms with Crippen LogP contribution in [-0.2, 0) is 11.3 Å². The van der Waals surface area contributed by atoms with E-state index in [2.05, 4.69) is 23.8 Å². The highest BCUT2D eigenvalue weighted by molar-refractivity contribution is 7.18. The Morgan fingerprint density at radius 1 is 1.33 bits per heavy atom. The van der Waals surface area contributed by atoms with E-state index in [0.717, 1.165) is 41.2 Å². The van der Waals surface area contributed by atoms with Crippen molar-refractivity contribution in [2.75, 3.05) is 13.1 Å². The highest BCUT2D eigenvalue weighted by atomic mass is 32.1. The number of thiophene rings is 1. The van der Waals surface area contributed by atoms with Crippen molar-refractivity contribution >= 4 is 21.6 Å². The minimum absolute atomic E-state index is 0.00870. The molecule has 2 N–H and O–H groups in total. The molecule has 1 saturated heterocycles. The van der Waals surface area contributed by atoms with Gasteiger partial charge in [0.25, 0.3) is 5.56 Å². The normalized spacial score (nSPS) is 26.4. The van der Waals surface area contributed by atoms with E-state index >= 15 is 0 Å². The fraction of sp³-hybridized carbons (Fsp3) is 0.600. The lowest BCUT2D eigenvalue weighted by Gasteiger charge is -2.32. The quantitative estimate of drug-likeness (QED) is 0.862. The van der Waals surface area contributed by atoms with E-state index in [4.69, 9.17) is 4.74 Å². The Kier molecular flexibility index (Phi) is 3.86. The van der Waals surface area contributed by atoms with Crippen LogP contribution in [0.4, 0.5) is 0 Å². The second kappa shape index (κ2) is 5.51. The molecule has 114 valence electrons. The topological polar surface area (TPSA) is 59.4 Å². The minimum atomic E-state index is -0.00870. The molecule has 1 fully saturated rings. The molecule has 1 aliphatic heterocycles. The van der Waals surface area contributed by atoms with Crippen LogP contribution in [0.5, 0.6) is 0 Å². The molecule has 0 bridgehead atoms. The Labute approximate surface area is 128 Å². The summed E-state index contributed by atoms with van der Waals surface area (Å²) in [5.41, 5.74) is 1.04. The fourth-order valence-corrected chi connectivity index (χ4v) is 4.20. The maximum Gasteiger partial charge on any atom is 0.260 e. The van der Waals surface area contributed by atoms with Crippen molar-refractivity contribution in [3.63, 3.8) is 0 Å². The summed E-state index contributed by atoms with van der Waals surface area (Å²) >= 11 is 1.61. The number of rotatable bonds is 2. The first-order valence-corrected chi connectivity index (χ1v) is 8.23. The molecule has 21 heavy (non-hydrogen) atoms. The molecular weight excluding hydrogens is 286 g/mol. The number of hydrogen-bond acceptors (Lipinski definition) is 4. The predicted octanol–water partition coefficient (Wildman–Crippen LogP) is 0.794. The number of aromatic nitrogens is 2. The van der Waals surface area contributed by atoms with Crippen LogP contribution >= 0.6 is 11.3 Å². The van der Waals surface area contributed by atoms with E-state index in [1.807, 2.05) is 13.8 Å². The number of fused-ring (bicyclic) bond motifs is 1. The Bertz CT molecular complexity index is 712. The molecule has 0 aliphatic carbocycles. The smallest absolute Gasteiger partial charge is 0.260 e. The molecule has 3 heterocycles. The number of H-pyrrole nitrogens is 1. The standard InChI is InChI=1S/C15H21N3O2S/c1-8-5-18(6-9(2)20-8)7-12-16-14(19)13-10(3)11(4)21-15(13)17-12/h8-9H,5-7H2,1-4H3,(H,16,17,19)/p+1/t8-,9+. The Morgan fingerprint density at radius 3 is 2.67 bits per heavy atom. The lowest BCUT2D eigenvalue weighted by molar-refractivity contribution is -0.928. The lowest BCUT2D eigenvalue weighted by Crippen LogP contribution is -3.14. The molecule has 2 aromatic heterocycles. The molecule has 2 aromatic rings. The minimum Gasteiger partial charge on any atom is -0.364 e. The van der Waals surface area contributed by atoms with Gasteiger partial charge >= 0.3 is 0 Å². The van der Waals surface area contributed by atoms with Gasteiger partial charge in [-0.25, -0.2) is 4.98 Å². The first-order chi connectivity index (χ1) is 9.94. The third-order valence-electron chi connectivity index (χ3n) is 4.12. The van der Waals surface area contributed by atoms with Crippen LogP contribution in [-0.4, -0.2) is 35.3 Å². The molecular formula is C15H22N3O2S+. The van der Waals surface area contributed by atoms with E-state index in [1.165, 1.54) is 9.78 Å². The number of hydrogen-bond donors (Lipinski definition) is 2. The van der Waals surface area contributed by atoms with Gasteiger partial charge in [-0.15, -0.1) is 11.3 Å². The van der Waals surface area contributed by atoms with Crippen LogP contribution < -0.4 is 10.5 Å². The van der Waals surface area contributed by atoms with Gasteiger partial charge in [-0.2, -0.15) is 0 Å². The summed E-state index contributed by atoms with van der Waals surface area (Å²) in [5, 5.41) is 0.750. The van der Waals surface area contributed by atoms with Crippen molar-refractivity contribution in [1.29, 1.82) is 0 Å².